The van der Waals surface area contributed by atoms with Gasteiger partial charge in [0.05, 0.1) is 6.61 Å². The number of aromatic nitrogens is 3. The number of aliphatic hydroxyl groups is 1. The highest BCUT2D eigenvalue weighted by Crippen LogP contribution is 2.16. The number of aliphatic hydroxyl groups excluding tert-OH is 1. The maximum absolute atomic E-state index is 8.88. The first-order chi connectivity index (χ1) is 4.67. The van der Waals surface area contributed by atoms with Gasteiger partial charge >= 0.3 is 0 Å². The molecule has 0 amide bonds. The van der Waals surface area contributed by atoms with Crippen molar-refractivity contribution in [3.8, 4) is 0 Å². The number of hydrogen-bond donors (Lipinski definition) is 2. The Morgan fingerprint density at radius 1 is 1.70 bits per heavy atom. The van der Waals surface area contributed by atoms with Gasteiger partial charge in [-0.15, -0.1) is 0 Å². The van der Waals surface area contributed by atoms with Gasteiger partial charge in [-0.05, 0) is 0 Å². The van der Waals surface area contributed by atoms with Crippen LogP contribution in [0.25, 0.3) is 0 Å². The minimum absolute atomic E-state index is 0.0716. The third kappa shape index (κ3) is 1.16. The van der Waals surface area contributed by atoms with Crippen LogP contribution in [0.3, 0.4) is 0 Å². The second-order valence-corrected chi connectivity index (χ2v) is 2.88. The fourth-order valence-electron chi connectivity index (χ4n) is 0.606. The number of nitrogens with zero attached hydrogens (tertiary/aromatic N) is 2. The van der Waals surface area contributed by atoms with Gasteiger partial charge < -0.3 is 5.11 Å². The molecule has 0 fully saturated rings. The van der Waals surface area contributed by atoms with Crippen molar-refractivity contribution in [3.05, 3.63) is 12.2 Å². The molecule has 1 aromatic rings. The average Bonchev–Trinajstić information content (AvgIpc) is 2.38. The van der Waals surface area contributed by atoms with Crippen LogP contribution in [0.2, 0.25) is 0 Å². The van der Waals surface area contributed by atoms with Gasteiger partial charge in [-0.25, -0.2) is 4.98 Å². The summed E-state index contributed by atoms with van der Waals surface area (Å²) in [4.78, 5) is 3.93. The zero-order valence-corrected chi connectivity index (χ0v) is 6.13. The van der Waals surface area contributed by atoms with E-state index in [4.69, 9.17) is 5.11 Å². The number of H-pyrrole nitrogens is 1. The molecule has 4 nitrogen and oxygen atoms in total. The third-order valence-corrected chi connectivity index (χ3v) is 1.45. The molecule has 0 radical (unpaired) electrons. The monoisotopic (exact) mass is 141 g/mol. The van der Waals surface area contributed by atoms with Crippen LogP contribution in [0.4, 0.5) is 0 Å². The summed E-state index contributed by atoms with van der Waals surface area (Å²) in [6, 6.07) is 0. The van der Waals surface area contributed by atoms with E-state index >= 15 is 0 Å². The molecule has 0 bridgehead atoms. The molecular weight excluding hydrogens is 130 g/mol. The fraction of sp³-hybridized carbons (Fsp3) is 0.667. The van der Waals surface area contributed by atoms with Gasteiger partial charge in [0.1, 0.15) is 12.2 Å². The Hall–Kier alpha value is -0.900. The van der Waals surface area contributed by atoms with Crippen LogP contribution in [0.5, 0.6) is 0 Å². The van der Waals surface area contributed by atoms with Crippen molar-refractivity contribution in [3.63, 3.8) is 0 Å². The molecule has 1 heterocycles. The number of rotatable bonds is 2. The van der Waals surface area contributed by atoms with E-state index in [2.05, 4.69) is 15.2 Å². The smallest absolute Gasteiger partial charge is 0.137 e. The van der Waals surface area contributed by atoms with Crippen molar-refractivity contribution in [2.75, 3.05) is 6.61 Å². The minimum Gasteiger partial charge on any atom is -0.395 e. The van der Waals surface area contributed by atoms with Crippen molar-refractivity contribution in [2.45, 2.75) is 19.3 Å². The predicted molar refractivity (Wildman–Crippen MR) is 36.5 cm³/mol. The van der Waals surface area contributed by atoms with Gasteiger partial charge in [0.15, 0.2) is 0 Å². The van der Waals surface area contributed by atoms with Gasteiger partial charge in [0.2, 0.25) is 0 Å². The first kappa shape index (κ1) is 7.21. The molecule has 1 aromatic heterocycles. The Bertz CT molecular complexity index is 193. The van der Waals surface area contributed by atoms with Gasteiger partial charge in [0.25, 0.3) is 0 Å². The van der Waals surface area contributed by atoms with Crippen molar-refractivity contribution in [1.29, 1.82) is 0 Å². The van der Waals surface area contributed by atoms with E-state index in [1.165, 1.54) is 6.33 Å². The Morgan fingerprint density at radius 2 is 2.40 bits per heavy atom. The summed E-state index contributed by atoms with van der Waals surface area (Å²) in [5.41, 5.74) is -0.309. The molecule has 10 heavy (non-hydrogen) atoms. The Balaban J connectivity index is 2.85. The zero-order chi connectivity index (χ0) is 7.61. The lowest BCUT2D eigenvalue weighted by molar-refractivity contribution is 0.212. The average molecular weight is 141 g/mol. The molecule has 0 aromatic carbocycles. The summed E-state index contributed by atoms with van der Waals surface area (Å²) >= 11 is 0. The second-order valence-electron chi connectivity index (χ2n) is 2.88. The minimum atomic E-state index is -0.309. The summed E-state index contributed by atoms with van der Waals surface area (Å²) in [5, 5.41) is 15.3. The highest BCUT2D eigenvalue weighted by molar-refractivity contribution is 5.00. The molecule has 2 N–H and O–H groups in total. The highest BCUT2D eigenvalue weighted by atomic mass is 16.3. The van der Waals surface area contributed by atoms with E-state index in [1.54, 1.807) is 0 Å². The molecule has 0 aliphatic rings. The summed E-state index contributed by atoms with van der Waals surface area (Å²) in [6.07, 6.45) is 1.44. The van der Waals surface area contributed by atoms with Gasteiger partial charge in [-0.1, -0.05) is 13.8 Å². The summed E-state index contributed by atoms with van der Waals surface area (Å²) in [7, 11) is 0. The lowest BCUT2D eigenvalue weighted by atomic mass is 9.94. The first-order valence-corrected chi connectivity index (χ1v) is 3.13. The van der Waals surface area contributed by atoms with Crippen LogP contribution in [0.1, 0.15) is 19.7 Å². The standard InChI is InChI=1S/C6H11N3O/c1-6(2,3-10)5-7-4-8-9-5/h4,10H,3H2,1-2H3,(H,7,8,9). The Kier molecular flexibility index (Phi) is 1.72. The van der Waals surface area contributed by atoms with Crippen LogP contribution >= 0.6 is 0 Å². The SMILES string of the molecule is CC(C)(CO)c1ncn[nH]1. The summed E-state index contributed by atoms with van der Waals surface area (Å²) < 4.78 is 0. The maximum Gasteiger partial charge on any atom is 0.137 e. The maximum atomic E-state index is 8.88. The molecule has 4 heteroatoms. The van der Waals surface area contributed by atoms with Crippen LogP contribution in [-0.2, 0) is 5.41 Å². The molecule has 0 saturated heterocycles. The predicted octanol–water partition coefficient (Wildman–Crippen LogP) is 0.0746. The fourth-order valence-corrected chi connectivity index (χ4v) is 0.606. The van der Waals surface area contributed by atoms with E-state index in [1.807, 2.05) is 13.8 Å². The molecule has 0 aliphatic carbocycles. The lowest BCUT2D eigenvalue weighted by Crippen LogP contribution is -2.23. The van der Waals surface area contributed by atoms with Crippen molar-refractivity contribution in [2.24, 2.45) is 0 Å². The topological polar surface area (TPSA) is 61.8 Å². The van der Waals surface area contributed by atoms with E-state index < -0.39 is 0 Å². The normalized spacial score (nSPS) is 11.9. The zero-order valence-electron chi connectivity index (χ0n) is 6.13. The van der Waals surface area contributed by atoms with Crippen LogP contribution < -0.4 is 0 Å². The number of nitrogens with one attached hydrogen (secondary N) is 1. The van der Waals surface area contributed by atoms with Gasteiger partial charge in [-0.2, -0.15) is 5.10 Å². The van der Waals surface area contributed by atoms with E-state index in [0.717, 1.165) is 5.82 Å². The van der Waals surface area contributed by atoms with Crippen LogP contribution in [0, 0.1) is 0 Å². The van der Waals surface area contributed by atoms with Crippen molar-refractivity contribution >= 4 is 0 Å². The van der Waals surface area contributed by atoms with Crippen molar-refractivity contribution in [1.82, 2.24) is 15.2 Å². The molecular formula is C6H11N3O. The van der Waals surface area contributed by atoms with E-state index in [0.29, 0.717) is 0 Å². The Labute approximate surface area is 59.3 Å². The summed E-state index contributed by atoms with van der Waals surface area (Å²) in [5.74, 6) is 0.718. The number of hydrogen-bond acceptors (Lipinski definition) is 3. The molecule has 0 atom stereocenters. The van der Waals surface area contributed by atoms with Crippen LogP contribution in [0.15, 0.2) is 6.33 Å². The third-order valence-electron chi connectivity index (χ3n) is 1.45. The number of aromatic amines is 1. The molecule has 56 valence electrons. The lowest BCUT2D eigenvalue weighted by Gasteiger charge is -2.16. The Morgan fingerprint density at radius 3 is 2.80 bits per heavy atom. The van der Waals surface area contributed by atoms with Crippen molar-refractivity contribution < 1.29 is 5.11 Å². The quantitative estimate of drug-likeness (QED) is 0.613. The molecule has 1 rings (SSSR count). The summed E-state index contributed by atoms with van der Waals surface area (Å²) in [6.45, 7) is 3.86. The van der Waals surface area contributed by atoms with Gasteiger partial charge in [0, 0.05) is 5.41 Å². The van der Waals surface area contributed by atoms with Crippen LogP contribution in [-0.4, -0.2) is 26.9 Å². The molecule has 0 aliphatic heterocycles. The van der Waals surface area contributed by atoms with Gasteiger partial charge in [-0.3, -0.25) is 5.10 Å². The largest absolute Gasteiger partial charge is 0.395 e. The van der Waals surface area contributed by atoms with E-state index in [-0.39, 0.29) is 12.0 Å². The first-order valence-electron chi connectivity index (χ1n) is 3.13. The highest BCUT2D eigenvalue weighted by Gasteiger charge is 2.21. The molecule has 0 unspecified atom stereocenters. The second kappa shape index (κ2) is 2.38. The molecule has 0 spiro atoms. The molecule has 0 saturated carbocycles. The van der Waals surface area contributed by atoms with E-state index in [9.17, 15) is 0 Å².